The second-order valence-corrected chi connectivity index (χ2v) is 5.24. The fourth-order valence-electron chi connectivity index (χ4n) is 2.67. The lowest BCUT2D eigenvalue weighted by molar-refractivity contribution is 0.475. The number of benzene rings is 2. The predicted molar refractivity (Wildman–Crippen MR) is 88.6 cm³/mol. The zero-order valence-corrected chi connectivity index (χ0v) is 11.8. The first-order valence-electron chi connectivity index (χ1n) is 7.13. The molecule has 3 heteroatoms. The third kappa shape index (κ3) is 2.13. The molecule has 22 heavy (non-hydrogen) atoms. The molecule has 0 bridgehead atoms. The van der Waals surface area contributed by atoms with E-state index in [-0.39, 0.29) is 5.75 Å². The number of hydrogen-bond donors (Lipinski definition) is 2. The van der Waals surface area contributed by atoms with Gasteiger partial charge in [0.2, 0.25) is 0 Å². The van der Waals surface area contributed by atoms with E-state index in [9.17, 15) is 5.11 Å². The van der Waals surface area contributed by atoms with E-state index in [1.165, 1.54) is 0 Å². The van der Waals surface area contributed by atoms with Gasteiger partial charge in [0.05, 0.1) is 0 Å². The molecule has 0 atom stereocenters. The van der Waals surface area contributed by atoms with Crippen LogP contribution in [-0.2, 0) is 0 Å². The van der Waals surface area contributed by atoms with Crippen LogP contribution in [0.5, 0.6) is 5.75 Å². The highest BCUT2D eigenvalue weighted by atomic mass is 16.3. The van der Waals surface area contributed by atoms with Gasteiger partial charge in [-0.25, -0.2) is 4.98 Å². The van der Waals surface area contributed by atoms with E-state index >= 15 is 0 Å². The Bertz CT molecular complexity index is 925. The van der Waals surface area contributed by atoms with Gasteiger partial charge >= 0.3 is 0 Å². The van der Waals surface area contributed by atoms with Crippen LogP contribution in [0, 0.1) is 0 Å². The van der Waals surface area contributed by atoms with Crippen molar-refractivity contribution in [3.05, 3.63) is 73.1 Å². The highest BCUT2D eigenvalue weighted by molar-refractivity contribution is 5.95. The molecule has 0 aliphatic rings. The van der Waals surface area contributed by atoms with Gasteiger partial charge in [-0.1, -0.05) is 42.5 Å². The van der Waals surface area contributed by atoms with E-state index in [2.05, 4.69) is 28.2 Å². The van der Waals surface area contributed by atoms with Gasteiger partial charge in [0.25, 0.3) is 0 Å². The van der Waals surface area contributed by atoms with Crippen molar-refractivity contribution in [3.8, 4) is 28.0 Å². The molecule has 106 valence electrons. The Hall–Kier alpha value is -3.07. The molecule has 4 rings (SSSR count). The van der Waals surface area contributed by atoms with Gasteiger partial charge in [0, 0.05) is 28.9 Å². The summed E-state index contributed by atoms with van der Waals surface area (Å²) in [4.78, 5) is 7.72. The Labute approximate surface area is 127 Å². The number of phenolic OH excluding ortho intramolecular Hbond substituents is 1. The van der Waals surface area contributed by atoms with Crippen LogP contribution in [0.2, 0.25) is 0 Å². The van der Waals surface area contributed by atoms with Gasteiger partial charge < -0.3 is 10.1 Å². The lowest BCUT2D eigenvalue weighted by Crippen LogP contribution is -1.82. The van der Waals surface area contributed by atoms with E-state index in [1.807, 2.05) is 42.7 Å². The van der Waals surface area contributed by atoms with Crippen molar-refractivity contribution in [2.24, 2.45) is 0 Å². The fourth-order valence-corrected chi connectivity index (χ4v) is 2.67. The van der Waals surface area contributed by atoms with Crippen molar-refractivity contribution in [2.75, 3.05) is 0 Å². The van der Waals surface area contributed by atoms with Crippen molar-refractivity contribution >= 4 is 11.0 Å². The summed E-state index contributed by atoms with van der Waals surface area (Å²) in [5, 5.41) is 10.5. The predicted octanol–water partition coefficient (Wildman–Crippen LogP) is 4.60. The van der Waals surface area contributed by atoms with Gasteiger partial charge in [0.15, 0.2) is 0 Å². The first-order valence-corrected chi connectivity index (χ1v) is 7.13. The van der Waals surface area contributed by atoms with E-state index in [0.29, 0.717) is 0 Å². The SMILES string of the molecule is Oc1ccc(-c2c[nH]c3ncc(-c4ccccc4)cc23)cc1. The summed E-state index contributed by atoms with van der Waals surface area (Å²) in [7, 11) is 0. The second kappa shape index (κ2) is 5.04. The summed E-state index contributed by atoms with van der Waals surface area (Å²) in [6, 6.07) is 19.6. The highest BCUT2D eigenvalue weighted by Gasteiger charge is 2.09. The number of pyridine rings is 1. The molecule has 0 spiro atoms. The van der Waals surface area contributed by atoms with E-state index < -0.39 is 0 Å². The Balaban J connectivity index is 1.88. The lowest BCUT2D eigenvalue weighted by atomic mass is 10.0. The number of rotatable bonds is 2. The van der Waals surface area contributed by atoms with Crippen LogP contribution in [0.1, 0.15) is 0 Å². The molecule has 0 amide bonds. The maximum Gasteiger partial charge on any atom is 0.137 e. The van der Waals surface area contributed by atoms with Crippen molar-refractivity contribution in [2.45, 2.75) is 0 Å². The van der Waals surface area contributed by atoms with Crippen LogP contribution in [0.25, 0.3) is 33.3 Å². The number of fused-ring (bicyclic) bond motifs is 1. The maximum atomic E-state index is 9.44. The minimum atomic E-state index is 0.270. The zero-order valence-electron chi connectivity index (χ0n) is 11.8. The molecule has 0 aliphatic heterocycles. The maximum absolute atomic E-state index is 9.44. The molecule has 3 nitrogen and oxygen atoms in total. The van der Waals surface area contributed by atoms with Gasteiger partial charge in [-0.2, -0.15) is 0 Å². The first-order chi connectivity index (χ1) is 10.8. The number of aromatic amines is 1. The third-order valence-corrected chi connectivity index (χ3v) is 3.82. The average Bonchev–Trinajstić information content (AvgIpc) is 2.99. The molecule has 2 aromatic heterocycles. The number of hydrogen-bond acceptors (Lipinski definition) is 2. The molecule has 0 radical (unpaired) electrons. The summed E-state index contributed by atoms with van der Waals surface area (Å²) < 4.78 is 0. The smallest absolute Gasteiger partial charge is 0.137 e. The quantitative estimate of drug-likeness (QED) is 0.565. The van der Waals surface area contributed by atoms with Gasteiger partial charge in [-0.05, 0) is 29.3 Å². The Kier molecular flexibility index (Phi) is 2.90. The monoisotopic (exact) mass is 286 g/mol. The molecule has 0 unspecified atom stereocenters. The lowest BCUT2D eigenvalue weighted by Gasteiger charge is -2.03. The molecule has 2 N–H and O–H groups in total. The molecule has 2 aromatic carbocycles. The van der Waals surface area contributed by atoms with Crippen LogP contribution in [0.15, 0.2) is 73.1 Å². The number of aromatic hydroxyl groups is 1. The minimum Gasteiger partial charge on any atom is -0.508 e. The van der Waals surface area contributed by atoms with Gasteiger partial charge in [0.1, 0.15) is 11.4 Å². The molecular formula is C19H14N2O. The van der Waals surface area contributed by atoms with Gasteiger partial charge in [-0.15, -0.1) is 0 Å². The second-order valence-electron chi connectivity index (χ2n) is 5.24. The third-order valence-electron chi connectivity index (χ3n) is 3.82. The summed E-state index contributed by atoms with van der Waals surface area (Å²) >= 11 is 0. The molecule has 0 saturated heterocycles. The molecular weight excluding hydrogens is 272 g/mol. The summed E-state index contributed by atoms with van der Waals surface area (Å²) in [5.74, 6) is 0.270. The highest BCUT2D eigenvalue weighted by Crippen LogP contribution is 2.31. The zero-order chi connectivity index (χ0) is 14.9. The number of H-pyrrole nitrogens is 1. The van der Waals surface area contributed by atoms with Gasteiger partial charge in [-0.3, -0.25) is 0 Å². The van der Waals surface area contributed by atoms with Crippen LogP contribution in [-0.4, -0.2) is 15.1 Å². The van der Waals surface area contributed by atoms with Crippen molar-refractivity contribution < 1.29 is 5.11 Å². The molecule has 0 fully saturated rings. The number of nitrogens with zero attached hydrogens (tertiary/aromatic N) is 1. The van der Waals surface area contributed by atoms with Crippen LogP contribution < -0.4 is 0 Å². The van der Waals surface area contributed by atoms with E-state index in [0.717, 1.165) is 33.3 Å². The Morgan fingerprint density at radius 2 is 1.59 bits per heavy atom. The van der Waals surface area contributed by atoms with Crippen LogP contribution >= 0.6 is 0 Å². The molecule has 2 heterocycles. The number of nitrogens with one attached hydrogen (secondary N) is 1. The van der Waals surface area contributed by atoms with E-state index in [4.69, 9.17) is 0 Å². The molecule has 4 aromatic rings. The normalized spacial score (nSPS) is 10.9. The average molecular weight is 286 g/mol. The van der Waals surface area contributed by atoms with Crippen LogP contribution in [0.3, 0.4) is 0 Å². The fraction of sp³-hybridized carbons (Fsp3) is 0. The molecule has 0 aliphatic carbocycles. The number of phenols is 1. The van der Waals surface area contributed by atoms with Crippen molar-refractivity contribution in [1.82, 2.24) is 9.97 Å². The Morgan fingerprint density at radius 3 is 2.36 bits per heavy atom. The van der Waals surface area contributed by atoms with Crippen LogP contribution in [0.4, 0.5) is 0 Å². The minimum absolute atomic E-state index is 0.270. The van der Waals surface area contributed by atoms with E-state index in [1.54, 1.807) is 12.1 Å². The Morgan fingerprint density at radius 1 is 0.818 bits per heavy atom. The summed E-state index contributed by atoms with van der Waals surface area (Å²) in [5.41, 5.74) is 5.24. The topological polar surface area (TPSA) is 48.9 Å². The first kappa shape index (κ1) is 12.7. The largest absolute Gasteiger partial charge is 0.508 e. The number of aromatic nitrogens is 2. The van der Waals surface area contributed by atoms with Crippen molar-refractivity contribution in [3.63, 3.8) is 0 Å². The summed E-state index contributed by atoms with van der Waals surface area (Å²) in [6.07, 6.45) is 3.84. The molecule has 0 saturated carbocycles. The standard InChI is InChI=1S/C19H14N2O/c22-16-8-6-14(7-9-16)18-12-21-19-17(18)10-15(11-20-19)13-4-2-1-3-5-13/h1-12,22H,(H,20,21). The van der Waals surface area contributed by atoms with Crippen molar-refractivity contribution in [1.29, 1.82) is 0 Å². The summed E-state index contributed by atoms with van der Waals surface area (Å²) in [6.45, 7) is 0.